The van der Waals surface area contributed by atoms with Gasteiger partial charge in [0.05, 0.1) is 19.9 Å². The SMILES string of the molecule is COC(=O)C1(C)CCc2cccc(OC)c2N1. The van der Waals surface area contributed by atoms with Crippen molar-refractivity contribution in [3.63, 3.8) is 0 Å². The van der Waals surface area contributed by atoms with Crippen molar-refractivity contribution in [3.8, 4) is 5.75 Å². The molecule has 0 saturated carbocycles. The van der Waals surface area contributed by atoms with Crippen molar-refractivity contribution < 1.29 is 14.3 Å². The lowest BCUT2D eigenvalue weighted by atomic mass is 9.87. The Morgan fingerprint density at radius 1 is 1.41 bits per heavy atom. The van der Waals surface area contributed by atoms with E-state index in [1.807, 2.05) is 25.1 Å². The van der Waals surface area contributed by atoms with E-state index in [1.54, 1.807) is 7.11 Å². The first kappa shape index (κ1) is 11.8. The zero-order valence-corrected chi connectivity index (χ0v) is 10.4. The molecule has 0 saturated heterocycles. The summed E-state index contributed by atoms with van der Waals surface area (Å²) in [5, 5.41) is 3.24. The second-order valence-electron chi connectivity index (χ2n) is 4.44. The highest BCUT2D eigenvalue weighted by atomic mass is 16.5. The van der Waals surface area contributed by atoms with Crippen LogP contribution in [0.1, 0.15) is 18.9 Å². The molecule has 0 amide bonds. The fourth-order valence-corrected chi connectivity index (χ4v) is 2.20. The molecule has 2 rings (SSSR count). The van der Waals surface area contributed by atoms with Gasteiger partial charge in [-0.2, -0.15) is 0 Å². The molecule has 0 aliphatic carbocycles. The molecule has 1 N–H and O–H groups in total. The monoisotopic (exact) mass is 235 g/mol. The number of aryl methyl sites for hydroxylation is 1. The van der Waals surface area contributed by atoms with E-state index in [9.17, 15) is 4.79 Å². The van der Waals surface area contributed by atoms with Gasteiger partial charge in [0, 0.05) is 0 Å². The largest absolute Gasteiger partial charge is 0.495 e. The van der Waals surface area contributed by atoms with Crippen molar-refractivity contribution in [3.05, 3.63) is 23.8 Å². The summed E-state index contributed by atoms with van der Waals surface area (Å²) in [6.45, 7) is 1.86. The zero-order valence-electron chi connectivity index (χ0n) is 10.4. The molecular formula is C13H17NO3. The van der Waals surface area contributed by atoms with Gasteiger partial charge in [-0.05, 0) is 31.4 Å². The third-order valence-electron chi connectivity index (χ3n) is 3.26. The number of esters is 1. The van der Waals surface area contributed by atoms with E-state index in [-0.39, 0.29) is 5.97 Å². The summed E-state index contributed by atoms with van der Waals surface area (Å²) in [7, 11) is 3.04. The molecule has 0 bridgehead atoms. The number of fused-ring (bicyclic) bond motifs is 1. The van der Waals surface area contributed by atoms with Crippen LogP contribution in [0.5, 0.6) is 5.75 Å². The van der Waals surface area contributed by atoms with E-state index in [1.165, 1.54) is 12.7 Å². The Labute approximate surface area is 101 Å². The van der Waals surface area contributed by atoms with Crippen LogP contribution in [0, 0.1) is 0 Å². The number of benzene rings is 1. The van der Waals surface area contributed by atoms with Gasteiger partial charge in [-0.15, -0.1) is 0 Å². The molecule has 0 spiro atoms. The maximum Gasteiger partial charge on any atom is 0.331 e. The van der Waals surface area contributed by atoms with Gasteiger partial charge in [-0.1, -0.05) is 12.1 Å². The fourth-order valence-electron chi connectivity index (χ4n) is 2.20. The Bertz CT molecular complexity index is 430. The van der Waals surface area contributed by atoms with Gasteiger partial charge < -0.3 is 14.8 Å². The Hall–Kier alpha value is -1.71. The van der Waals surface area contributed by atoms with Crippen molar-refractivity contribution >= 4 is 11.7 Å². The lowest BCUT2D eigenvalue weighted by Gasteiger charge is -2.35. The summed E-state index contributed by atoms with van der Waals surface area (Å²) in [5.74, 6) is 0.520. The molecule has 4 heteroatoms. The van der Waals surface area contributed by atoms with Crippen LogP contribution in [0.3, 0.4) is 0 Å². The zero-order chi connectivity index (χ0) is 12.5. The van der Waals surface area contributed by atoms with Crippen molar-refractivity contribution in [2.45, 2.75) is 25.3 Å². The number of hydrogen-bond donors (Lipinski definition) is 1. The minimum atomic E-state index is -0.670. The average molecular weight is 235 g/mol. The van der Waals surface area contributed by atoms with Crippen molar-refractivity contribution in [1.82, 2.24) is 0 Å². The number of hydrogen-bond acceptors (Lipinski definition) is 4. The third kappa shape index (κ3) is 1.95. The van der Waals surface area contributed by atoms with E-state index in [0.29, 0.717) is 0 Å². The van der Waals surface area contributed by atoms with Gasteiger partial charge >= 0.3 is 5.97 Å². The van der Waals surface area contributed by atoms with Gasteiger partial charge in [0.1, 0.15) is 11.3 Å². The molecule has 1 aliphatic heterocycles. The Morgan fingerprint density at radius 2 is 2.18 bits per heavy atom. The second kappa shape index (κ2) is 4.28. The lowest BCUT2D eigenvalue weighted by Crippen LogP contribution is -2.47. The van der Waals surface area contributed by atoms with Crippen LogP contribution in [0.15, 0.2) is 18.2 Å². The van der Waals surface area contributed by atoms with Crippen LogP contribution < -0.4 is 10.1 Å². The summed E-state index contributed by atoms with van der Waals surface area (Å²) in [5.41, 5.74) is 1.40. The Kier molecular flexibility index (Phi) is 2.96. The standard InChI is InChI=1S/C13H17NO3/c1-13(12(15)17-3)8-7-9-5-4-6-10(16-2)11(9)14-13/h4-6,14H,7-8H2,1-3H3. The molecule has 4 nitrogen and oxygen atoms in total. The Balaban J connectivity index is 2.37. The third-order valence-corrected chi connectivity index (χ3v) is 3.26. The summed E-state index contributed by atoms with van der Waals surface area (Å²) >= 11 is 0. The summed E-state index contributed by atoms with van der Waals surface area (Å²) in [4.78, 5) is 11.8. The number of carbonyl (C=O) groups is 1. The molecule has 0 radical (unpaired) electrons. The number of ether oxygens (including phenoxy) is 2. The predicted molar refractivity (Wildman–Crippen MR) is 65.4 cm³/mol. The minimum Gasteiger partial charge on any atom is -0.495 e. The van der Waals surface area contributed by atoms with Gasteiger partial charge in [0.15, 0.2) is 0 Å². The van der Waals surface area contributed by atoms with Gasteiger partial charge in [0.2, 0.25) is 0 Å². The predicted octanol–water partition coefficient (Wildman–Crippen LogP) is 1.98. The topological polar surface area (TPSA) is 47.6 Å². The van der Waals surface area contributed by atoms with Crippen molar-refractivity contribution in [2.75, 3.05) is 19.5 Å². The Morgan fingerprint density at radius 3 is 2.82 bits per heavy atom. The normalized spacial score (nSPS) is 22.3. The van der Waals surface area contributed by atoms with Crippen LogP contribution in [-0.4, -0.2) is 25.7 Å². The number of methoxy groups -OCH3 is 2. The molecule has 0 fully saturated rings. The first-order valence-electron chi connectivity index (χ1n) is 5.63. The highest BCUT2D eigenvalue weighted by Gasteiger charge is 2.38. The van der Waals surface area contributed by atoms with Gasteiger partial charge in [-0.3, -0.25) is 0 Å². The van der Waals surface area contributed by atoms with E-state index in [4.69, 9.17) is 9.47 Å². The first-order valence-corrected chi connectivity index (χ1v) is 5.63. The molecule has 1 unspecified atom stereocenters. The summed E-state index contributed by atoms with van der Waals surface area (Å²) < 4.78 is 10.1. The van der Waals surface area contributed by atoms with E-state index in [0.717, 1.165) is 24.3 Å². The number of nitrogens with one attached hydrogen (secondary N) is 1. The fraction of sp³-hybridized carbons (Fsp3) is 0.462. The molecule has 1 heterocycles. The number of para-hydroxylation sites is 1. The van der Waals surface area contributed by atoms with Crippen molar-refractivity contribution in [1.29, 1.82) is 0 Å². The lowest BCUT2D eigenvalue weighted by molar-refractivity contribution is -0.145. The van der Waals surface area contributed by atoms with Crippen LogP contribution >= 0.6 is 0 Å². The molecule has 1 atom stereocenters. The van der Waals surface area contributed by atoms with Crippen LogP contribution in [0.4, 0.5) is 5.69 Å². The quantitative estimate of drug-likeness (QED) is 0.796. The summed E-state index contributed by atoms with van der Waals surface area (Å²) in [6, 6.07) is 5.89. The number of rotatable bonds is 2. The van der Waals surface area contributed by atoms with E-state index in [2.05, 4.69) is 5.32 Å². The maximum absolute atomic E-state index is 11.8. The molecule has 1 aliphatic rings. The molecule has 17 heavy (non-hydrogen) atoms. The van der Waals surface area contributed by atoms with Crippen molar-refractivity contribution in [2.24, 2.45) is 0 Å². The maximum atomic E-state index is 11.8. The molecule has 0 aromatic heterocycles. The van der Waals surface area contributed by atoms with Gasteiger partial charge in [0.25, 0.3) is 0 Å². The number of anilines is 1. The number of carbonyl (C=O) groups excluding carboxylic acids is 1. The average Bonchev–Trinajstić information content (AvgIpc) is 2.37. The minimum absolute atomic E-state index is 0.242. The first-order chi connectivity index (χ1) is 8.10. The molecular weight excluding hydrogens is 218 g/mol. The molecule has 92 valence electrons. The van der Waals surface area contributed by atoms with Gasteiger partial charge in [-0.25, -0.2) is 4.79 Å². The molecule has 1 aromatic rings. The molecule has 1 aromatic carbocycles. The van der Waals surface area contributed by atoms with E-state index < -0.39 is 5.54 Å². The smallest absolute Gasteiger partial charge is 0.331 e. The highest BCUT2D eigenvalue weighted by Crippen LogP contribution is 2.37. The van der Waals surface area contributed by atoms with Crippen LogP contribution in [0.25, 0.3) is 0 Å². The van der Waals surface area contributed by atoms with Crippen LogP contribution in [0.2, 0.25) is 0 Å². The second-order valence-corrected chi connectivity index (χ2v) is 4.44. The summed E-state index contributed by atoms with van der Waals surface area (Å²) in [6.07, 6.45) is 1.56. The van der Waals surface area contributed by atoms with Crippen LogP contribution in [-0.2, 0) is 16.0 Å². The van der Waals surface area contributed by atoms with E-state index >= 15 is 0 Å². The highest BCUT2D eigenvalue weighted by molar-refractivity contribution is 5.86.